The van der Waals surface area contributed by atoms with Crippen molar-refractivity contribution in [2.24, 2.45) is 0 Å². The molecule has 0 aliphatic rings. The summed E-state index contributed by atoms with van der Waals surface area (Å²) in [6, 6.07) is 1.79. The van der Waals surface area contributed by atoms with Crippen LogP contribution in [0, 0.1) is 0 Å². The number of thiophene rings is 1. The monoisotopic (exact) mass is 320 g/mol. The number of hydrogen-bond acceptors (Lipinski definition) is 5. The quantitative estimate of drug-likeness (QED) is 0.668. The van der Waals surface area contributed by atoms with Crippen LogP contribution in [0.4, 0.5) is 0 Å². The molecule has 0 aliphatic carbocycles. The van der Waals surface area contributed by atoms with E-state index in [1.165, 1.54) is 21.9 Å². The maximum absolute atomic E-state index is 11.4. The van der Waals surface area contributed by atoms with E-state index in [4.69, 9.17) is 5.11 Å². The molecule has 20 heavy (non-hydrogen) atoms. The summed E-state index contributed by atoms with van der Waals surface area (Å²) in [6.07, 6.45) is 1.89. The molecule has 0 saturated heterocycles. The van der Waals surface area contributed by atoms with Gasteiger partial charge in [-0.15, -0.1) is 11.3 Å². The molecule has 0 saturated carbocycles. The van der Waals surface area contributed by atoms with E-state index < -0.39 is 16.0 Å². The Morgan fingerprint density at radius 3 is 2.75 bits per heavy atom. The third-order valence-electron chi connectivity index (χ3n) is 2.84. The topological polar surface area (TPSA) is 86.7 Å². The van der Waals surface area contributed by atoms with Crippen molar-refractivity contribution >= 4 is 27.3 Å². The lowest BCUT2D eigenvalue weighted by Gasteiger charge is -2.17. The number of sulfonamides is 1. The number of nitrogens with one attached hydrogen (secondary N) is 1. The first-order valence-electron chi connectivity index (χ1n) is 6.31. The fourth-order valence-corrected chi connectivity index (χ4v) is 3.52. The Kier molecular flexibility index (Phi) is 6.60. The van der Waals surface area contributed by atoms with Gasteiger partial charge in [0.05, 0.1) is 6.26 Å². The first-order valence-corrected chi connectivity index (χ1v) is 9.04. The lowest BCUT2D eigenvalue weighted by Crippen LogP contribution is -2.32. The van der Waals surface area contributed by atoms with E-state index in [1.54, 1.807) is 18.4 Å². The second kappa shape index (κ2) is 7.72. The van der Waals surface area contributed by atoms with Gasteiger partial charge in [0.1, 0.15) is 4.88 Å². The molecule has 6 nitrogen and oxygen atoms in total. The number of carbonyl (C=O) groups is 1. The van der Waals surface area contributed by atoms with Crippen LogP contribution in [-0.4, -0.2) is 49.7 Å². The van der Waals surface area contributed by atoms with Crippen molar-refractivity contribution in [1.29, 1.82) is 0 Å². The van der Waals surface area contributed by atoms with Crippen LogP contribution >= 0.6 is 11.3 Å². The molecule has 0 aromatic carbocycles. The summed E-state index contributed by atoms with van der Waals surface area (Å²) >= 11 is 1.21. The normalized spacial score (nSPS) is 11.9. The van der Waals surface area contributed by atoms with Crippen molar-refractivity contribution in [1.82, 2.24) is 9.62 Å². The molecular formula is C12H20N2O4S2. The van der Waals surface area contributed by atoms with Gasteiger partial charge >= 0.3 is 5.97 Å². The zero-order valence-electron chi connectivity index (χ0n) is 11.6. The summed E-state index contributed by atoms with van der Waals surface area (Å²) < 4.78 is 24.2. The van der Waals surface area contributed by atoms with Gasteiger partial charge in [-0.1, -0.05) is 6.92 Å². The average Bonchev–Trinajstić information content (AvgIpc) is 2.80. The molecule has 8 heteroatoms. The van der Waals surface area contributed by atoms with E-state index in [0.29, 0.717) is 37.5 Å². The fraction of sp³-hybridized carbons (Fsp3) is 0.583. The van der Waals surface area contributed by atoms with Crippen LogP contribution in [0.1, 0.15) is 28.6 Å². The highest BCUT2D eigenvalue weighted by Crippen LogP contribution is 2.16. The minimum atomic E-state index is -3.13. The van der Waals surface area contributed by atoms with Crippen LogP contribution in [0.3, 0.4) is 0 Å². The summed E-state index contributed by atoms with van der Waals surface area (Å²) in [7, 11) is -3.13. The predicted molar refractivity (Wildman–Crippen MR) is 79.7 cm³/mol. The molecule has 0 atom stereocenters. The fourth-order valence-electron chi connectivity index (χ4n) is 1.82. The number of aromatic carboxylic acids is 1. The molecule has 0 spiro atoms. The smallest absolute Gasteiger partial charge is 0.346 e. The molecular weight excluding hydrogens is 300 g/mol. The highest BCUT2D eigenvalue weighted by atomic mass is 32.2. The molecule has 0 aliphatic heterocycles. The highest BCUT2D eigenvalue weighted by molar-refractivity contribution is 7.88. The van der Waals surface area contributed by atoms with Crippen molar-refractivity contribution in [2.75, 3.05) is 25.9 Å². The third kappa shape index (κ3) is 5.20. The Morgan fingerprint density at radius 1 is 1.50 bits per heavy atom. The summed E-state index contributed by atoms with van der Waals surface area (Å²) in [5.74, 6) is -0.911. The molecule has 0 fully saturated rings. The van der Waals surface area contributed by atoms with E-state index >= 15 is 0 Å². The van der Waals surface area contributed by atoms with E-state index in [2.05, 4.69) is 5.32 Å². The second-order valence-electron chi connectivity index (χ2n) is 4.37. The zero-order valence-corrected chi connectivity index (χ0v) is 13.3. The zero-order chi connectivity index (χ0) is 15.2. The Balaban J connectivity index is 2.32. The van der Waals surface area contributed by atoms with Crippen molar-refractivity contribution in [3.05, 3.63) is 21.9 Å². The van der Waals surface area contributed by atoms with Gasteiger partial charge in [-0.3, -0.25) is 0 Å². The summed E-state index contributed by atoms with van der Waals surface area (Å²) in [5, 5.41) is 13.8. The first kappa shape index (κ1) is 17.1. The Morgan fingerprint density at radius 2 is 2.20 bits per heavy atom. The van der Waals surface area contributed by atoms with Gasteiger partial charge in [-0.05, 0) is 30.0 Å². The standard InChI is InChI=1S/C12H20N2O4S2/c1-3-14(20(2,17)18)7-4-6-13-9-10-5-8-19-11(10)12(15)16/h5,8,13H,3-4,6-7,9H2,1-2H3,(H,15,16). The molecule has 114 valence electrons. The molecule has 1 aromatic heterocycles. The largest absolute Gasteiger partial charge is 0.477 e. The van der Waals surface area contributed by atoms with Crippen LogP contribution < -0.4 is 5.32 Å². The lowest BCUT2D eigenvalue weighted by atomic mass is 10.2. The minimum Gasteiger partial charge on any atom is -0.477 e. The van der Waals surface area contributed by atoms with Crippen molar-refractivity contribution in [2.45, 2.75) is 19.9 Å². The summed E-state index contributed by atoms with van der Waals surface area (Å²) in [4.78, 5) is 11.3. The van der Waals surface area contributed by atoms with Gasteiger partial charge < -0.3 is 10.4 Å². The lowest BCUT2D eigenvalue weighted by molar-refractivity contribution is 0.0701. The predicted octanol–water partition coefficient (Wildman–Crippen LogP) is 1.21. The second-order valence-corrected chi connectivity index (χ2v) is 7.26. The van der Waals surface area contributed by atoms with Gasteiger partial charge in [-0.2, -0.15) is 0 Å². The number of hydrogen-bond donors (Lipinski definition) is 2. The minimum absolute atomic E-state index is 0.351. The highest BCUT2D eigenvalue weighted by Gasteiger charge is 2.13. The third-order valence-corrected chi connectivity index (χ3v) is 5.16. The summed E-state index contributed by atoms with van der Waals surface area (Å²) in [6.45, 7) is 3.86. The molecule has 0 radical (unpaired) electrons. The van der Waals surface area contributed by atoms with E-state index in [-0.39, 0.29) is 0 Å². The molecule has 2 N–H and O–H groups in total. The number of carboxylic acid groups (broad SMARTS) is 1. The number of carboxylic acids is 1. The van der Waals surface area contributed by atoms with Crippen molar-refractivity contribution < 1.29 is 18.3 Å². The van der Waals surface area contributed by atoms with Crippen LogP contribution in [0.5, 0.6) is 0 Å². The molecule has 0 amide bonds. The van der Waals surface area contributed by atoms with Crippen LogP contribution in [0.15, 0.2) is 11.4 Å². The molecule has 1 heterocycles. The van der Waals surface area contributed by atoms with Gasteiger partial charge in [-0.25, -0.2) is 17.5 Å². The maximum Gasteiger partial charge on any atom is 0.346 e. The van der Waals surface area contributed by atoms with Crippen molar-refractivity contribution in [3.63, 3.8) is 0 Å². The van der Waals surface area contributed by atoms with Gasteiger partial charge in [0.25, 0.3) is 0 Å². The summed E-state index contributed by atoms with van der Waals surface area (Å²) in [5.41, 5.74) is 0.762. The Hall–Kier alpha value is -0.960. The van der Waals surface area contributed by atoms with Crippen molar-refractivity contribution in [3.8, 4) is 0 Å². The van der Waals surface area contributed by atoms with Crippen LogP contribution in [-0.2, 0) is 16.6 Å². The SMILES string of the molecule is CCN(CCCNCc1ccsc1C(=O)O)S(C)(=O)=O. The van der Waals surface area contributed by atoms with Gasteiger partial charge in [0.2, 0.25) is 10.0 Å². The Bertz CT molecular complexity index is 539. The first-order chi connectivity index (χ1) is 9.36. The molecule has 0 unspecified atom stereocenters. The molecule has 1 aromatic rings. The van der Waals surface area contributed by atoms with E-state index in [9.17, 15) is 13.2 Å². The maximum atomic E-state index is 11.4. The van der Waals surface area contributed by atoms with Gasteiger partial charge in [0.15, 0.2) is 0 Å². The average molecular weight is 320 g/mol. The van der Waals surface area contributed by atoms with E-state index in [1.807, 2.05) is 0 Å². The van der Waals surface area contributed by atoms with E-state index in [0.717, 1.165) is 5.56 Å². The van der Waals surface area contributed by atoms with Gasteiger partial charge in [0, 0.05) is 19.6 Å². The Labute approximate surface area is 123 Å². The number of nitrogens with zero attached hydrogens (tertiary/aromatic N) is 1. The van der Waals surface area contributed by atoms with Crippen LogP contribution in [0.25, 0.3) is 0 Å². The molecule has 1 rings (SSSR count). The number of rotatable bonds is 9. The van der Waals surface area contributed by atoms with Crippen LogP contribution in [0.2, 0.25) is 0 Å². The molecule has 0 bridgehead atoms.